The first-order chi connectivity index (χ1) is 9.80. The number of methoxy groups -OCH3 is 3. The van der Waals surface area contributed by atoms with Crippen LogP contribution in [0.1, 0.15) is 20.8 Å². The molecule has 1 amide bonds. The fraction of sp³-hybridized carbons (Fsp3) is 0.533. The molecule has 0 saturated carbocycles. The number of rotatable bonds is 6. The summed E-state index contributed by atoms with van der Waals surface area (Å²) in [6.45, 7) is 6.22. The van der Waals surface area contributed by atoms with Crippen molar-refractivity contribution in [1.82, 2.24) is 5.32 Å². The zero-order valence-corrected chi connectivity index (χ0v) is 13.5. The third-order valence-electron chi connectivity index (χ3n) is 2.73. The molecule has 118 valence electrons. The van der Waals surface area contributed by atoms with Crippen molar-refractivity contribution in [3.05, 3.63) is 12.1 Å². The van der Waals surface area contributed by atoms with Crippen LogP contribution in [0.4, 0.5) is 5.69 Å². The number of benzene rings is 1. The third-order valence-corrected chi connectivity index (χ3v) is 2.73. The fourth-order valence-corrected chi connectivity index (χ4v) is 1.70. The van der Waals surface area contributed by atoms with E-state index >= 15 is 0 Å². The van der Waals surface area contributed by atoms with Gasteiger partial charge in [0, 0.05) is 23.4 Å². The number of carbonyl (C=O) groups excluding carboxylic acids is 1. The first-order valence-electron chi connectivity index (χ1n) is 6.65. The van der Waals surface area contributed by atoms with Crippen LogP contribution in [-0.4, -0.2) is 39.3 Å². The maximum atomic E-state index is 11.9. The van der Waals surface area contributed by atoms with E-state index in [1.165, 1.54) is 21.3 Å². The van der Waals surface area contributed by atoms with Crippen molar-refractivity contribution < 1.29 is 19.0 Å². The summed E-state index contributed by atoms with van der Waals surface area (Å²) in [5.41, 5.74) is 0.470. The van der Waals surface area contributed by atoms with Gasteiger partial charge in [0.25, 0.3) is 0 Å². The number of ether oxygens (including phenoxy) is 3. The van der Waals surface area contributed by atoms with Crippen LogP contribution in [0.3, 0.4) is 0 Å². The van der Waals surface area contributed by atoms with E-state index in [2.05, 4.69) is 10.6 Å². The van der Waals surface area contributed by atoms with Gasteiger partial charge in [0.05, 0.1) is 27.9 Å². The minimum atomic E-state index is -0.140. The first-order valence-corrected chi connectivity index (χ1v) is 6.65. The van der Waals surface area contributed by atoms with Gasteiger partial charge >= 0.3 is 0 Å². The molecule has 6 heteroatoms. The molecule has 0 spiro atoms. The van der Waals surface area contributed by atoms with E-state index in [4.69, 9.17) is 14.2 Å². The summed E-state index contributed by atoms with van der Waals surface area (Å²) in [6, 6.07) is 3.38. The smallest absolute Gasteiger partial charge is 0.238 e. The first kappa shape index (κ1) is 17.1. The van der Waals surface area contributed by atoms with Crippen molar-refractivity contribution in [3.63, 3.8) is 0 Å². The van der Waals surface area contributed by atoms with Gasteiger partial charge in [0.15, 0.2) is 11.5 Å². The minimum Gasteiger partial charge on any atom is -0.493 e. The topological polar surface area (TPSA) is 68.8 Å². The highest BCUT2D eigenvalue weighted by Crippen LogP contribution is 2.39. The summed E-state index contributed by atoms with van der Waals surface area (Å²) in [5.74, 6) is 1.34. The van der Waals surface area contributed by atoms with Gasteiger partial charge in [-0.2, -0.15) is 0 Å². The van der Waals surface area contributed by atoms with E-state index in [-0.39, 0.29) is 18.0 Å². The third kappa shape index (κ3) is 5.15. The second kappa shape index (κ2) is 7.17. The highest BCUT2D eigenvalue weighted by atomic mass is 16.5. The Hall–Kier alpha value is -1.95. The molecule has 0 aliphatic rings. The second-order valence-electron chi connectivity index (χ2n) is 5.57. The van der Waals surface area contributed by atoms with Crippen molar-refractivity contribution in [2.45, 2.75) is 26.3 Å². The predicted molar refractivity (Wildman–Crippen MR) is 82.5 cm³/mol. The Balaban J connectivity index is 2.86. The Labute approximate surface area is 125 Å². The molecule has 2 N–H and O–H groups in total. The van der Waals surface area contributed by atoms with Crippen LogP contribution in [0.2, 0.25) is 0 Å². The Morgan fingerprint density at radius 2 is 1.57 bits per heavy atom. The standard InChI is InChI=1S/C15H24N2O4/c1-15(2,3)16-9-13(18)17-10-7-11(19-4)14(21-6)12(8-10)20-5/h7-8,16H,9H2,1-6H3,(H,17,18). The molecule has 0 radical (unpaired) electrons. The molecule has 1 rings (SSSR count). The van der Waals surface area contributed by atoms with E-state index in [1.54, 1.807) is 12.1 Å². The lowest BCUT2D eigenvalue weighted by Gasteiger charge is -2.20. The average molecular weight is 296 g/mol. The van der Waals surface area contributed by atoms with E-state index in [0.717, 1.165) is 0 Å². The second-order valence-corrected chi connectivity index (χ2v) is 5.57. The molecule has 0 unspecified atom stereocenters. The molecular weight excluding hydrogens is 272 g/mol. The number of nitrogens with one attached hydrogen (secondary N) is 2. The highest BCUT2D eigenvalue weighted by molar-refractivity contribution is 5.93. The van der Waals surface area contributed by atoms with Gasteiger partial charge in [-0.05, 0) is 20.8 Å². The van der Waals surface area contributed by atoms with Crippen LogP contribution in [-0.2, 0) is 4.79 Å². The van der Waals surface area contributed by atoms with Crippen LogP contribution >= 0.6 is 0 Å². The number of anilines is 1. The summed E-state index contributed by atoms with van der Waals surface area (Å²) in [5, 5.41) is 5.92. The molecule has 6 nitrogen and oxygen atoms in total. The normalized spacial score (nSPS) is 11.0. The Kier molecular flexibility index (Phi) is 5.84. The SMILES string of the molecule is COc1cc(NC(=O)CNC(C)(C)C)cc(OC)c1OC. The summed E-state index contributed by atoms with van der Waals surface area (Å²) < 4.78 is 15.7. The lowest BCUT2D eigenvalue weighted by atomic mass is 10.1. The monoisotopic (exact) mass is 296 g/mol. The van der Waals surface area contributed by atoms with Gasteiger partial charge in [-0.15, -0.1) is 0 Å². The van der Waals surface area contributed by atoms with E-state index < -0.39 is 0 Å². The zero-order chi connectivity index (χ0) is 16.0. The average Bonchev–Trinajstić information content (AvgIpc) is 2.43. The van der Waals surface area contributed by atoms with Gasteiger partial charge in [0.1, 0.15) is 0 Å². The maximum Gasteiger partial charge on any atom is 0.238 e. The van der Waals surface area contributed by atoms with Crippen molar-refractivity contribution in [2.75, 3.05) is 33.2 Å². The summed E-state index contributed by atoms with van der Waals surface area (Å²) in [4.78, 5) is 11.9. The van der Waals surface area contributed by atoms with Crippen molar-refractivity contribution in [3.8, 4) is 17.2 Å². The van der Waals surface area contributed by atoms with E-state index in [9.17, 15) is 4.79 Å². The van der Waals surface area contributed by atoms with Gasteiger partial charge in [-0.1, -0.05) is 0 Å². The number of amides is 1. The maximum absolute atomic E-state index is 11.9. The molecule has 21 heavy (non-hydrogen) atoms. The van der Waals surface area contributed by atoms with Gasteiger partial charge < -0.3 is 24.8 Å². The molecule has 0 saturated heterocycles. The molecule has 0 fully saturated rings. The molecule has 1 aromatic rings. The largest absolute Gasteiger partial charge is 0.493 e. The number of hydrogen-bond donors (Lipinski definition) is 2. The fourth-order valence-electron chi connectivity index (χ4n) is 1.70. The molecule has 0 aliphatic carbocycles. The number of carbonyl (C=O) groups is 1. The van der Waals surface area contributed by atoms with Crippen LogP contribution in [0.15, 0.2) is 12.1 Å². The zero-order valence-electron chi connectivity index (χ0n) is 13.5. The quantitative estimate of drug-likeness (QED) is 0.841. The number of hydrogen-bond acceptors (Lipinski definition) is 5. The Bertz CT molecular complexity index is 470. The molecule has 0 atom stereocenters. The molecule has 0 aliphatic heterocycles. The summed E-state index contributed by atoms with van der Waals surface area (Å²) in [7, 11) is 4.60. The summed E-state index contributed by atoms with van der Waals surface area (Å²) in [6.07, 6.45) is 0. The van der Waals surface area contributed by atoms with Gasteiger partial charge in [0.2, 0.25) is 11.7 Å². The lowest BCUT2D eigenvalue weighted by Crippen LogP contribution is -2.41. The Morgan fingerprint density at radius 1 is 1.05 bits per heavy atom. The molecule has 0 aromatic heterocycles. The van der Waals surface area contributed by atoms with Gasteiger partial charge in [-0.3, -0.25) is 4.79 Å². The Morgan fingerprint density at radius 3 is 1.95 bits per heavy atom. The van der Waals surface area contributed by atoms with Crippen LogP contribution in [0, 0.1) is 0 Å². The van der Waals surface area contributed by atoms with Crippen molar-refractivity contribution >= 4 is 11.6 Å². The predicted octanol–water partition coefficient (Wildman–Crippen LogP) is 2.04. The van der Waals surface area contributed by atoms with Crippen molar-refractivity contribution in [1.29, 1.82) is 0 Å². The van der Waals surface area contributed by atoms with Crippen molar-refractivity contribution in [2.24, 2.45) is 0 Å². The molecule has 0 heterocycles. The molecular formula is C15H24N2O4. The lowest BCUT2D eigenvalue weighted by molar-refractivity contribution is -0.115. The summed E-state index contributed by atoms with van der Waals surface area (Å²) >= 11 is 0. The van der Waals surface area contributed by atoms with E-state index in [1.807, 2.05) is 20.8 Å². The molecule has 0 bridgehead atoms. The van der Waals surface area contributed by atoms with Crippen LogP contribution < -0.4 is 24.8 Å². The van der Waals surface area contributed by atoms with Crippen LogP contribution in [0.25, 0.3) is 0 Å². The molecule has 1 aromatic carbocycles. The van der Waals surface area contributed by atoms with Crippen LogP contribution in [0.5, 0.6) is 17.2 Å². The highest BCUT2D eigenvalue weighted by Gasteiger charge is 2.15. The van der Waals surface area contributed by atoms with E-state index in [0.29, 0.717) is 22.9 Å². The van der Waals surface area contributed by atoms with Gasteiger partial charge in [-0.25, -0.2) is 0 Å². The minimum absolute atomic E-state index is 0.118.